The SMILES string of the molecule is CC(C)CNCc1cc(F)ccc1N1CCC(C(C)C)C1. The Bertz CT molecular complexity index is 457. The number of anilines is 1. The van der Waals surface area contributed by atoms with Gasteiger partial charge in [0.15, 0.2) is 0 Å². The van der Waals surface area contributed by atoms with Crippen molar-refractivity contribution in [2.75, 3.05) is 24.5 Å². The quantitative estimate of drug-likeness (QED) is 0.851. The van der Waals surface area contributed by atoms with Crippen LogP contribution in [0.1, 0.15) is 39.7 Å². The highest BCUT2D eigenvalue weighted by Crippen LogP contribution is 2.30. The number of hydrogen-bond donors (Lipinski definition) is 1. The van der Waals surface area contributed by atoms with Crippen LogP contribution in [0, 0.1) is 23.6 Å². The minimum absolute atomic E-state index is 0.139. The Hall–Kier alpha value is -1.09. The molecule has 1 saturated heterocycles. The molecule has 0 aliphatic carbocycles. The van der Waals surface area contributed by atoms with Crippen LogP contribution in [0.5, 0.6) is 0 Å². The molecule has 21 heavy (non-hydrogen) atoms. The standard InChI is InChI=1S/C18H29FN2/c1-13(2)10-20-11-16-9-17(19)5-6-18(16)21-8-7-15(12-21)14(3)4/h5-6,9,13-15,20H,7-8,10-12H2,1-4H3. The lowest BCUT2D eigenvalue weighted by Crippen LogP contribution is -2.25. The first kappa shape index (κ1) is 16.3. The third-order valence-electron chi connectivity index (χ3n) is 4.42. The average Bonchev–Trinajstić information content (AvgIpc) is 2.88. The second kappa shape index (κ2) is 7.26. The van der Waals surface area contributed by atoms with E-state index in [2.05, 4.69) is 37.9 Å². The maximum Gasteiger partial charge on any atom is 0.123 e. The van der Waals surface area contributed by atoms with Gasteiger partial charge in [0.05, 0.1) is 0 Å². The molecule has 3 heteroatoms. The van der Waals surface area contributed by atoms with Crippen LogP contribution in [0.2, 0.25) is 0 Å². The molecule has 118 valence electrons. The van der Waals surface area contributed by atoms with Crippen LogP contribution in [0.3, 0.4) is 0 Å². The maximum atomic E-state index is 13.6. The summed E-state index contributed by atoms with van der Waals surface area (Å²) in [6.45, 7) is 12.9. The van der Waals surface area contributed by atoms with Gasteiger partial charge < -0.3 is 10.2 Å². The Morgan fingerprint density at radius 1 is 1.29 bits per heavy atom. The first-order chi connectivity index (χ1) is 9.97. The molecule has 1 aliphatic heterocycles. The summed E-state index contributed by atoms with van der Waals surface area (Å²) in [7, 11) is 0. The lowest BCUT2D eigenvalue weighted by molar-refractivity contribution is 0.422. The molecule has 1 aliphatic rings. The maximum absolute atomic E-state index is 13.6. The molecule has 1 unspecified atom stereocenters. The van der Waals surface area contributed by atoms with E-state index in [-0.39, 0.29) is 5.82 Å². The molecule has 0 bridgehead atoms. The first-order valence-electron chi connectivity index (χ1n) is 8.21. The van der Waals surface area contributed by atoms with Gasteiger partial charge >= 0.3 is 0 Å². The zero-order valence-corrected chi connectivity index (χ0v) is 13.8. The zero-order valence-electron chi connectivity index (χ0n) is 13.8. The van der Waals surface area contributed by atoms with Crippen molar-refractivity contribution < 1.29 is 4.39 Å². The molecule has 1 aromatic rings. The van der Waals surface area contributed by atoms with Crippen LogP contribution in [-0.4, -0.2) is 19.6 Å². The minimum Gasteiger partial charge on any atom is -0.371 e. The van der Waals surface area contributed by atoms with E-state index in [4.69, 9.17) is 0 Å². The summed E-state index contributed by atoms with van der Waals surface area (Å²) in [6, 6.07) is 5.22. The number of nitrogens with one attached hydrogen (secondary N) is 1. The summed E-state index contributed by atoms with van der Waals surface area (Å²) < 4.78 is 13.6. The van der Waals surface area contributed by atoms with Crippen molar-refractivity contribution in [3.63, 3.8) is 0 Å². The van der Waals surface area contributed by atoms with Crippen molar-refractivity contribution in [1.82, 2.24) is 5.32 Å². The Balaban J connectivity index is 2.08. The van der Waals surface area contributed by atoms with Gasteiger partial charge in [0.1, 0.15) is 5.82 Å². The summed E-state index contributed by atoms with van der Waals surface area (Å²) >= 11 is 0. The second-order valence-corrected chi connectivity index (χ2v) is 7.04. The predicted octanol–water partition coefficient (Wildman–Crippen LogP) is 4.05. The number of benzene rings is 1. The van der Waals surface area contributed by atoms with Crippen molar-refractivity contribution in [1.29, 1.82) is 0 Å². The van der Waals surface area contributed by atoms with E-state index in [1.165, 1.54) is 12.1 Å². The van der Waals surface area contributed by atoms with Gasteiger partial charge in [-0.05, 0) is 54.5 Å². The van der Waals surface area contributed by atoms with Crippen molar-refractivity contribution in [2.24, 2.45) is 17.8 Å². The molecule has 1 heterocycles. The van der Waals surface area contributed by atoms with Crippen molar-refractivity contribution in [3.05, 3.63) is 29.6 Å². The van der Waals surface area contributed by atoms with Crippen LogP contribution < -0.4 is 10.2 Å². The molecule has 1 aromatic carbocycles. The van der Waals surface area contributed by atoms with Crippen molar-refractivity contribution in [3.8, 4) is 0 Å². The summed E-state index contributed by atoms with van der Waals surface area (Å²) in [4.78, 5) is 2.43. The third-order valence-corrected chi connectivity index (χ3v) is 4.42. The topological polar surface area (TPSA) is 15.3 Å². The summed E-state index contributed by atoms with van der Waals surface area (Å²) in [5, 5.41) is 3.43. The van der Waals surface area contributed by atoms with Gasteiger partial charge in [0, 0.05) is 25.3 Å². The largest absolute Gasteiger partial charge is 0.371 e. The summed E-state index contributed by atoms with van der Waals surface area (Å²) in [6.07, 6.45) is 1.24. The van der Waals surface area contributed by atoms with E-state index in [1.54, 1.807) is 12.1 Å². The smallest absolute Gasteiger partial charge is 0.123 e. The average molecular weight is 292 g/mol. The van der Waals surface area contributed by atoms with E-state index in [0.29, 0.717) is 5.92 Å². The highest BCUT2D eigenvalue weighted by atomic mass is 19.1. The Kier molecular flexibility index (Phi) is 5.63. The monoisotopic (exact) mass is 292 g/mol. The van der Waals surface area contributed by atoms with Gasteiger partial charge in [0.2, 0.25) is 0 Å². The van der Waals surface area contributed by atoms with Crippen LogP contribution in [0.15, 0.2) is 18.2 Å². The molecule has 0 radical (unpaired) electrons. The van der Waals surface area contributed by atoms with Gasteiger partial charge in [-0.15, -0.1) is 0 Å². The molecule has 1 atom stereocenters. The molecule has 0 aromatic heterocycles. The lowest BCUT2D eigenvalue weighted by Gasteiger charge is -2.23. The molecule has 0 amide bonds. The van der Waals surface area contributed by atoms with E-state index >= 15 is 0 Å². The van der Waals surface area contributed by atoms with Crippen LogP contribution >= 0.6 is 0 Å². The van der Waals surface area contributed by atoms with Gasteiger partial charge in [-0.1, -0.05) is 27.7 Å². The number of halogens is 1. The molecular formula is C18H29FN2. The van der Waals surface area contributed by atoms with Crippen molar-refractivity contribution >= 4 is 5.69 Å². The van der Waals surface area contributed by atoms with E-state index < -0.39 is 0 Å². The Morgan fingerprint density at radius 2 is 2.05 bits per heavy atom. The first-order valence-corrected chi connectivity index (χ1v) is 8.21. The molecule has 0 saturated carbocycles. The fraction of sp³-hybridized carbons (Fsp3) is 0.667. The van der Waals surface area contributed by atoms with Crippen LogP contribution in [-0.2, 0) is 6.54 Å². The van der Waals surface area contributed by atoms with Gasteiger partial charge in [0.25, 0.3) is 0 Å². The van der Waals surface area contributed by atoms with Crippen LogP contribution in [0.25, 0.3) is 0 Å². The second-order valence-electron chi connectivity index (χ2n) is 7.04. The lowest BCUT2D eigenvalue weighted by atomic mass is 9.95. The number of rotatable bonds is 6. The molecule has 2 nitrogen and oxygen atoms in total. The number of hydrogen-bond acceptors (Lipinski definition) is 2. The fourth-order valence-corrected chi connectivity index (χ4v) is 3.05. The van der Waals surface area contributed by atoms with Gasteiger partial charge in [-0.2, -0.15) is 0 Å². The van der Waals surface area contributed by atoms with Gasteiger partial charge in [-0.3, -0.25) is 0 Å². The molecule has 2 rings (SSSR count). The normalized spacial score (nSPS) is 19.0. The molecule has 0 spiro atoms. The summed E-state index contributed by atoms with van der Waals surface area (Å²) in [5.74, 6) is 1.95. The number of nitrogens with zero attached hydrogens (tertiary/aromatic N) is 1. The van der Waals surface area contributed by atoms with E-state index in [9.17, 15) is 4.39 Å². The summed E-state index contributed by atoms with van der Waals surface area (Å²) in [5.41, 5.74) is 2.29. The zero-order chi connectivity index (χ0) is 15.4. The minimum atomic E-state index is -0.139. The molecule has 1 N–H and O–H groups in total. The highest BCUT2D eigenvalue weighted by Gasteiger charge is 2.26. The van der Waals surface area contributed by atoms with E-state index in [0.717, 1.165) is 43.6 Å². The highest BCUT2D eigenvalue weighted by molar-refractivity contribution is 5.54. The third kappa shape index (κ3) is 4.44. The Labute approximate surface area is 128 Å². The predicted molar refractivity (Wildman–Crippen MR) is 88.1 cm³/mol. The van der Waals surface area contributed by atoms with Crippen molar-refractivity contribution in [2.45, 2.75) is 40.7 Å². The molecular weight excluding hydrogens is 263 g/mol. The Morgan fingerprint density at radius 3 is 2.67 bits per heavy atom. The molecule has 1 fully saturated rings. The fourth-order valence-electron chi connectivity index (χ4n) is 3.05. The van der Waals surface area contributed by atoms with E-state index in [1.807, 2.05) is 6.07 Å². The van der Waals surface area contributed by atoms with Crippen LogP contribution in [0.4, 0.5) is 10.1 Å². The van der Waals surface area contributed by atoms with Gasteiger partial charge in [-0.25, -0.2) is 4.39 Å².